The van der Waals surface area contributed by atoms with Crippen molar-refractivity contribution in [3.05, 3.63) is 83.9 Å². The lowest BCUT2D eigenvalue weighted by Crippen LogP contribution is -1.92. The molecule has 0 nitrogen and oxygen atoms in total. The van der Waals surface area contributed by atoms with Gasteiger partial charge in [0, 0.05) is 0 Å². The summed E-state index contributed by atoms with van der Waals surface area (Å²) in [6.45, 7) is 3.76. The molecule has 0 saturated carbocycles. The van der Waals surface area contributed by atoms with E-state index in [2.05, 4.69) is 61.2 Å². The molecule has 0 heterocycles. The quantitative estimate of drug-likeness (QED) is 0.643. The van der Waals surface area contributed by atoms with Crippen LogP contribution in [0, 0.1) is 0 Å². The maximum atomic E-state index is 3.76. The fraction of sp³-hybridized carbons (Fsp3) is 0.222. The van der Waals surface area contributed by atoms with Gasteiger partial charge < -0.3 is 0 Å². The molecule has 2 rings (SSSR count). The van der Waals surface area contributed by atoms with Crippen molar-refractivity contribution in [2.24, 2.45) is 0 Å². The predicted octanol–water partition coefficient (Wildman–Crippen LogP) is 4.59. The number of aryl methyl sites for hydroxylation is 3. The smallest absolute Gasteiger partial charge is 0.0238 e. The van der Waals surface area contributed by atoms with Crippen LogP contribution < -0.4 is 0 Å². The van der Waals surface area contributed by atoms with Crippen LogP contribution in [-0.2, 0) is 19.3 Å². The Kier molecular flexibility index (Phi) is 4.78. The third kappa shape index (κ3) is 3.89. The van der Waals surface area contributed by atoms with Gasteiger partial charge >= 0.3 is 0 Å². The molecule has 0 heteroatoms. The Bertz CT molecular complexity index is 465. The second kappa shape index (κ2) is 6.80. The van der Waals surface area contributed by atoms with Gasteiger partial charge in [-0.3, -0.25) is 0 Å². The van der Waals surface area contributed by atoms with Gasteiger partial charge in [-0.15, -0.1) is 6.58 Å². The summed E-state index contributed by atoms with van der Waals surface area (Å²) in [6.07, 6.45) is 6.37. The Morgan fingerprint density at radius 1 is 0.667 bits per heavy atom. The SMILES string of the molecule is C=CCCc1ccc(CCc2ccccc2)cc1. The van der Waals surface area contributed by atoms with Gasteiger partial charge in [0.25, 0.3) is 0 Å². The standard InChI is InChI=1S/C18H20/c1-2-3-7-17-11-14-18(15-12-17)13-10-16-8-5-4-6-9-16/h2,4-6,8-9,11-12,14-15H,1,3,7,10,13H2. The molecule has 0 aliphatic heterocycles. The Morgan fingerprint density at radius 2 is 1.17 bits per heavy atom. The van der Waals surface area contributed by atoms with E-state index in [0.717, 1.165) is 25.7 Å². The largest absolute Gasteiger partial charge is 0.103 e. The first-order valence-corrected chi connectivity index (χ1v) is 6.61. The number of hydrogen-bond donors (Lipinski definition) is 0. The molecule has 0 fully saturated rings. The van der Waals surface area contributed by atoms with E-state index in [4.69, 9.17) is 0 Å². The lowest BCUT2D eigenvalue weighted by atomic mass is 10.0. The van der Waals surface area contributed by atoms with Crippen molar-refractivity contribution < 1.29 is 0 Å². The van der Waals surface area contributed by atoms with Crippen LogP contribution in [0.1, 0.15) is 23.1 Å². The summed E-state index contributed by atoms with van der Waals surface area (Å²) in [4.78, 5) is 0. The highest BCUT2D eigenvalue weighted by atomic mass is 14.0. The zero-order valence-corrected chi connectivity index (χ0v) is 10.8. The topological polar surface area (TPSA) is 0 Å². The van der Waals surface area contributed by atoms with Crippen LogP contribution in [0.3, 0.4) is 0 Å². The molecule has 0 bridgehead atoms. The highest BCUT2D eigenvalue weighted by molar-refractivity contribution is 5.24. The van der Waals surface area contributed by atoms with Gasteiger partial charge in [0.2, 0.25) is 0 Å². The lowest BCUT2D eigenvalue weighted by Gasteiger charge is -2.04. The second-order valence-electron chi connectivity index (χ2n) is 4.63. The normalized spacial score (nSPS) is 10.2. The lowest BCUT2D eigenvalue weighted by molar-refractivity contribution is 0.951. The summed E-state index contributed by atoms with van der Waals surface area (Å²) in [7, 11) is 0. The van der Waals surface area contributed by atoms with Crippen LogP contribution in [0.25, 0.3) is 0 Å². The van der Waals surface area contributed by atoms with Crippen molar-refractivity contribution in [2.75, 3.05) is 0 Å². The van der Waals surface area contributed by atoms with E-state index in [1.165, 1.54) is 16.7 Å². The first-order valence-electron chi connectivity index (χ1n) is 6.61. The zero-order chi connectivity index (χ0) is 12.6. The molecular weight excluding hydrogens is 216 g/mol. The van der Waals surface area contributed by atoms with Crippen LogP contribution in [0.2, 0.25) is 0 Å². The van der Waals surface area contributed by atoms with Gasteiger partial charge in [-0.05, 0) is 42.4 Å². The highest BCUT2D eigenvalue weighted by Crippen LogP contribution is 2.10. The average Bonchev–Trinajstić information content (AvgIpc) is 2.45. The minimum Gasteiger partial charge on any atom is -0.103 e. The van der Waals surface area contributed by atoms with Crippen LogP contribution in [0.4, 0.5) is 0 Å². The predicted molar refractivity (Wildman–Crippen MR) is 78.8 cm³/mol. The Morgan fingerprint density at radius 3 is 1.72 bits per heavy atom. The molecule has 0 aliphatic rings. The molecule has 18 heavy (non-hydrogen) atoms. The molecule has 0 aliphatic carbocycles. The van der Waals surface area contributed by atoms with Gasteiger partial charge in [0.05, 0.1) is 0 Å². The van der Waals surface area contributed by atoms with Gasteiger partial charge in [-0.1, -0.05) is 60.7 Å². The molecule has 0 unspecified atom stereocenters. The molecule has 0 atom stereocenters. The molecule has 92 valence electrons. The van der Waals surface area contributed by atoms with Crippen molar-refractivity contribution >= 4 is 0 Å². The number of hydrogen-bond acceptors (Lipinski definition) is 0. The molecule has 0 spiro atoms. The van der Waals surface area contributed by atoms with Crippen LogP contribution in [0.5, 0.6) is 0 Å². The molecule has 2 aromatic rings. The Hall–Kier alpha value is -1.82. The Balaban J connectivity index is 1.88. The minimum atomic E-state index is 1.06. The first kappa shape index (κ1) is 12.6. The van der Waals surface area contributed by atoms with Crippen molar-refractivity contribution in [2.45, 2.75) is 25.7 Å². The average molecular weight is 236 g/mol. The molecule has 0 saturated heterocycles. The molecule has 0 N–H and O–H groups in total. The van der Waals surface area contributed by atoms with E-state index in [-0.39, 0.29) is 0 Å². The van der Waals surface area contributed by atoms with E-state index in [1.54, 1.807) is 0 Å². The first-order chi connectivity index (χ1) is 8.88. The van der Waals surface area contributed by atoms with Crippen LogP contribution in [0.15, 0.2) is 67.3 Å². The third-order valence-electron chi connectivity index (χ3n) is 3.21. The fourth-order valence-corrected chi connectivity index (χ4v) is 2.07. The van der Waals surface area contributed by atoms with E-state index >= 15 is 0 Å². The maximum Gasteiger partial charge on any atom is -0.0238 e. The number of allylic oxidation sites excluding steroid dienone is 1. The van der Waals surface area contributed by atoms with Gasteiger partial charge in [0.1, 0.15) is 0 Å². The summed E-state index contributed by atoms with van der Waals surface area (Å²) < 4.78 is 0. The van der Waals surface area contributed by atoms with Crippen molar-refractivity contribution in [3.63, 3.8) is 0 Å². The van der Waals surface area contributed by atoms with Crippen LogP contribution >= 0.6 is 0 Å². The van der Waals surface area contributed by atoms with Gasteiger partial charge in [0.15, 0.2) is 0 Å². The van der Waals surface area contributed by atoms with Gasteiger partial charge in [-0.2, -0.15) is 0 Å². The van der Waals surface area contributed by atoms with E-state index in [9.17, 15) is 0 Å². The molecule has 2 aromatic carbocycles. The molecular formula is C18H20. The van der Waals surface area contributed by atoms with E-state index in [1.807, 2.05) is 6.08 Å². The summed E-state index contributed by atoms with van der Waals surface area (Å²) in [5.41, 5.74) is 4.23. The minimum absolute atomic E-state index is 1.06. The zero-order valence-electron chi connectivity index (χ0n) is 10.8. The molecule has 0 aromatic heterocycles. The second-order valence-corrected chi connectivity index (χ2v) is 4.63. The summed E-state index contributed by atoms with van der Waals surface area (Å²) >= 11 is 0. The maximum absolute atomic E-state index is 3.76. The van der Waals surface area contributed by atoms with Crippen molar-refractivity contribution in [1.29, 1.82) is 0 Å². The summed E-state index contributed by atoms with van der Waals surface area (Å²) in [5, 5.41) is 0. The number of rotatable bonds is 6. The monoisotopic (exact) mass is 236 g/mol. The third-order valence-corrected chi connectivity index (χ3v) is 3.21. The highest BCUT2D eigenvalue weighted by Gasteiger charge is 1.96. The van der Waals surface area contributed by atoms with E-state index in [0.29, 0.717) is 0 Å². The fourth-order valence-electron chi connectivity index (χ4n) is 2.07. The van der Waals surface area contributed by atoms with Crippen molar-refractivity contribution in [1.82, 2.24) is 0 Å². The van der Waals surface area contributed by atoms with E-state index < -0.39 is 0 Å². The number of benzene rings is 2. The molecule has 0 radical (unpaired) electrons. The summed E-state index contributed by atoms with van der Waals surface area (Å²) in [6, 6.07) is 19.6. The van der Waals surface area contributed by atoms with Crippen LogP contribution in [-0.4, -0.2) is 0 Å². The molecule has 0 amide bonds. The van der Waals surface area contributed by atoms with Gasteiger partial charge in [-0.25, -0.2) is 0 Å². The summed E-state index contributed by atoms with van der Waals surface area (Å²) in [5.74, 6) is 0. The Labute approximate surface area is 110 Å². The van der Waals surface area contributed by atoms with Crippen molar-refractivity contribution in [3.8, 4) is 0 Å².